The van der Waals surface area contributed by atoms with Gasteiger partial charge in [-0.15, -0.1) is 10.2 Å². The van der Waals surface area contributed by atoms with E-state index >= 15 is 0 Å². The van der Waals surface area contributed by atoms with Gasteiger partial charge in [-0.05, 0) is 30.7 Å². The van der Waals surface area contributed by atoms with E-state index in [-0.39, 0.29) is 0 Å². The van der Waals surface area contributed by atoms with Crippen LogP contribution in [0.15, 0.2) is 53.9 Å². The van der Waals surface area contributed by atoms with Gasteiger partial charge in [0.05, 0.1) is 0 Å². The highest BCUT2D eigenvalue weighted by molar-refractivity contribution is 7.98. The molecule has 0 fully saturated rings. The maximum Gasteiger partial charge on any atom is 0.191 e. The molecule has 3 aromatic rings. The van der Waals surface area contributed by atoms with Gasteiger partial charge < -0.3 is 4.57 Å². The Bertz CT molecular complexity index is 758. The molecule has 4 nitrogen and oxygen atoms in total. The molecule has 22 heavy (non-hydrogen) atoms. The van der Waals surface area contributed by atoms with Crippen molar-refractivity contribution < 1.29 is 0 Å². The third-order valence-corrected chi connectivity index (χ3v) is 4.65. The third-order valence-electron chi connectivity index (χ3n) is 3.27. The van der Waals surface area contributed by atoms with Gasteiger partial charge >= 0.3 is 0 Å². The van der Waals surface area contributed by atoms with Crippen molar-refractivity contribution >= 4 is 23.4 Å². The topological polar surface area (TPSA) is 43.6 Å². The Balaban J connectivity index is 1.83. The first-order valence-corrected chi connectivity index (χ1v) is 8.35. The zero-order valence-electron chi connectivity index (χ0n) is 12.1. The number of rotatable bonds is 5. The Morgan fingerprint density at radius 2 is 2.00 bits per heavy atom. The monoisotopic (exact) mass is 330 g/mol. The molecular weight excluding hydrogens is 316 g/mol. The summed E-state index contributed by atoms with van der Waals surface area (Å²) in [7, 11) is 0. The summed E-state index contributed by atoms with van der Waals surface area (Å²) in [6, 6.07) is 11.8. The van der Waals surface area contributed by atoms with Gasteiger partial charge in [-0.3, -0.25) is 4.98 Å². The van der Waals surface area contributed by atoms with Crippen molar-refractivity contribution in [3.63, 3.8) is 0 Å². The normalized spacial score (nSPS) is 10.8. The van der Waals surface area contributed by atoms with Crippen molar-refractivity contribution in [3.05, 3.63) is 59.4 Å². The van der Waals surface area contributed by atoms with Crippen molar-refractivity contribution in [2.24, 2.45) is 0 Å². The van der Waals surface area contributed by atoms with Crippen molar-refractivity contribution in [1.29, 1.82) is 0 Å². The Labute approximate surface area is 138 Å². The number of thioether (sulfide) groups is 1. The van der Waals surface area contributed by atoms with Crippen LogP contribution < -0.4 is 0 Å². The van der Waals surface area contributed by atoms with E-state index in [2.05, 4.69) is 26.7 Å². The lowest BCUT2D eigenvalue weighted by Crippen LogP contribution is -2.00. The minimum Gasteiger partial charge on any atom is -0.302 e. The van der Waals surface area contributed by atoms with Gasteiger partial charge in [-0.2, -0.15) is 0 Å². The lowest BCUT2D eigenvalue weighted by molar-refractivity contribution is 0.687. The standard InChI is InChI=1S/C16H15ClN4S/c1-2-21-15(12-7-5-9-18-10-12)19-20-16(21)22-11-13-6-3-4-8-14(13)17/h3-10H,2,11H2,1H3. The van der Waals surface area contributed by atoms with E-state index < -0.39 is 0 Å². The summed E-state index contributed by atoms with van der Waals surface area (Å²) < 4.78 is 2.10. The molecule has 0 aliphatic heterocycles. The van der Waals surface area contributed by atoms with Crippen molar-refractivity contribution in [1.82, 2.24) is 19.7 Å². The molecule has 0 aliphatic rings. The molecular formula is C16H15ClN4S. The summed E-state index contributed by atoms with van der Waals surface area (Å²) in [5.74, 6) is 1.61. The van der Waals surface area contributed by atoms with E-state index in [1.165, 1.54) is 0 Å². The fourth-order valence-electron chi connectivity index (χ4n) is 2.15. The fraction of sp³-hybridized carbons (Fsp3) is 0.188. The average Bonchev–Trinajstić information content (AvgIpc) is 2.98. The van der Waals surface area contributed by atoms with Gasteiger partial charge in [0.15, 0.2) is 11.0 Å². The summed E-state index contributed by atoms with van der Waals surface area (Å²) in [5, 5.41) is 10.3. The molecule has 0 unspecified atom stereocenters. The van der Waals surface area contributed by atoms with E-state index in [1.54, 1.807) is 24.2 Å². The molecule has 2 heterocycles. The van der Waals surface area contributed by atoms with Crippen LogP contribution in [-0.2, 0) is 12.3 Å². The lowest BCUT2D eigenvalue weighted by Gasteiger charge is -2.07. The predicted octanol–water partition coefficient (Wildman–Crippen LogP) is 4.31. The van der Waals surface area contributed by atoms with Gasteiger partial charge in [-0.1, -0.05) is 41.6 Å². The SMILES string of the molecule is CCn1c(SCc2ccccc2Cl)nnc1-c1cccnc1. The first kappa shape index (κ1) is 15.1. The molecule has 112 valence electrons. The molecule has 0 radical (unpaired) electrons. The van der Waals surface area contributed by atoms with Crippen LogP contribution in [0.3, 0.4) is 0 Å². The number of benzene rings is 1. The second kappa shape index (κ2) is 6.94. The summed E-state index contributed by atoms with van der Waals surface area (Å²) >= 11 is 7.84. The molecule has 0 spiro atoms. The highest BCUT2D eigenvalue weighted by Crippen LogP contribution is 2.28. The molecule has 0 saturated carbocycles. The molecule has 0 amide bonds. The number of nitrogens with zero attached hydrogens (tertiary/aromatic N) is 4. The Hall–Kier alpha value is -1.85. The van der Waals surface area contributed by atoms with Crippen molar-refractivity contribution in [3.8, 4) is 11.4 Å². The van der Waals surface area contributed by atoms with Gasteiger partial charge in [0, 0.05) is 35.3 Å². The maximum atomic E-state index is 6.20. The average molecular weight is 331 g/mol. The zero-order chi connectivity index (χ0) is 15.4. The number of hydrogen-bond acceptors (Lipinski definition) is 4. The summed E-state index contributed by atoms with van der Waals surface area (Å²) in [6.07, 6.45) is 3.56. The van der Waals surface area contributed by atoms with Crippen LogP contribution in [0.4, 0.5) is 0 Å². The number of hydrogen-bond donors (Lipinski definition) is 0. The number of aromatic nitrogens is 4. The highest BCUT2D eigenvalue weighted by Gasteiger charge is 2.13. The predicted molar refractivity (Wildman–Crippen MR) is 89.9 cm³/mol. The second-order valence-corrected chi connectivity index (χ2v) is 6.02. The van der Waals surface area contributed by atoms with E-state index in [9.17, 15) is 0 Å². The lowest BCUT2D eigenvalue weighted by atomic mass is 10.2. The molecule has 6 heteroatoms. The van der Waals surface area contributed by atoms with Crippen LogP contribution in [0.1, 0.15) is 12.5 Å². The van der Waals surface area contributed by atoms with E-state index in [1.807, 2.05) is 36.4 Å². The molecule has 0 N–H and O–H groups in total. The quantitative estimate of drug-likeness (QED) is 0.654. The maximum absolute atomic E-state index is 6.20. The van der Waals surface area contributed by atoms with E-state index in [4.69, 9.17) is 11.6 Å². The summed E-state index contributed by atoms with van der Waals surface area (Å²) in [6.45, 7) is 2.89. The van der Waals surface area contributed by atoms with Crippen LogP contribution in [0.5, 0.6) is 0 Å². The Kier molecular flexibility index (Phi) is 4.75. The Morgan fingerprint density at radius 1 is 1.14 bits per heavy atom. The molecule has 0 atom stereocenters. The first-order chi connectivity index (χ1) is 10.8. The largest absolute Gasteiger partial charge is 0.302 e. The Morgan fingerprint density at radius 3 is 2.73 bits per heavy atom. The minimum atomic E-state index is 0.769. The summed E-state index contributed by atoms with van der Waals surface area (Å²) in [4.78, 5) is 4.15. The molecule has 0 bridgehead atoms. The third kappa shape index (κ3) is 3.15. The van der Waals surface area contributed by atoms with Crippen LogP contribution in [-0.4, -0.2) is 19.7 Å². The zero-order valence-corrected chi connectivity index (χ0v) is 13.7. The van der Waals surface area contributed by atoms with Gasteiger partial charge in [0.25, 0.3) is 0 Å². The van der Waals surface area contributed by atoms with Crippen LogP contribution in [0, 0.1) is 0 Å². The van der Waals surface area contributed by atoms with Crippen LogP contribution >= 0.6 is 23.4 Å². The smallest absolute Gasteiger partial charge is 0.191 e. The van der Waals surface area contributed by atoms with E-state index in [0.717, 1.165) is 39.4 Å². The molecule has 0 saturated heterocycles. The van der Waals surface area contributed by atoms with Gasteiger partial charge in [0.1, 0.15) is 0 Å². The van der Waals surface area contributed by atoms with Gasteiger partial charge in [-0.25, -0.2) is 0 Å². The van der Waals surface area contributed by atoms with E-state index in [0.29, 0.717) is 0 Å². The fourth-order valence-corrected chi connectivity index (χ4v) is 3.43. The molecule has 3 rings (SSSR count). The van der Waals surface area contributed by atoms with Crippen LogP contribution in [0.2, 0.25) is 5.02 Å². The van der Waals surface area contributed by atoms with Crippen molar-refractivity contribution in [2.75, 3.05) is 0 Å². The highest BCUT2D eigenvalue weighted by atomic mass is 35.5. The van der Waals surface area contributed by atoms with Crippen molar-refractivity contribution in [2.45, 2.75) is 24.4 Å². The number of pyridine rings is 1. The summed E-state index contributed by atoms with van der Waals surface area (Å²) in [5.41, 5.74) is 2.07. The number of halogens is 1. The minimum absolute atomic E-state index is 0.769. The van der Waals surface area contributed by atoms with Gasteiger partial charge in [0.2, 0.25) is 0 Å². The molecule has 0 aliphatic carbocycles. The first-order valence-electron chi connectivity index (χ1n) is 6.99. The van der Waals surface area contributed by atoms with Crippen LogP contribution in [0.25, 0.3) is 11.4 Å². The second-order valence-electron chi connectivity index (χ2n) is 4.67. The molecule has 1 aromatic carbocycles. The molecule has 2 aromatic heterocycles.